The standard InChI is InChI=1S/C20H17I2NO3S/c1-2-8-23-19(24)17(27-20(23)25)11-14-9-15(21)18(16(22)10-14)26-12-13-6-4-3-5-7-13/h3-7,9-11H,2,8,12H2,1H3/b17-11+. The van der Waals surface area contributed by atoms with E-state index in [1.165, 1.54) is 4.90 Å². The van der Waals surface area contributed by atoms with E-state index in [0.29, 0.717) is 18.1 Å². The number of thioether (sulfide) groups is 1. The van der Waals surface area contributed by atoms with Gasteiger partial charge in [-0.1, -0.05) is 37.3 Å². The summed E-state index contributed by atoms with van der Waals surface area (Å²) in [5.74, 6) is 0.623. The van der Waals surface area contributed by atoms with Gasteiger partial charge in [-0.3, -0.25) is 14.5 Å². The number of amides is 2. The summed E-state index contributed by atoms with van der Waals surface area (Å²) in [6.07, 6.45) is 2.54. The molecular weight excluding hydrogens is 588 g/mol. The zero-order chi connectivity index (χ0) is 19.4. The Morgan fingerprint density at radius 1 is 1.11 bits per heavy atom. The minimum Gasteiger partial charge on any atom is -0.487 e. The second-order valence-electron chi connectivity index (χ2n) is 5.92. The lowest BCUT2D eigenvalue weighted by molar-refractivity contribution is -0.122. The highest BCUT2D eigenvalue weighted by Crippen LogP contribution is 2.35. The minimum absolute atomic E-state index is 0.194. The highest BCUT2D eigenvalue weighted by atomic mass is 127. The molecule has 0 aromatic heterocycles. The van der Waals surface area contributed by atoms with Crippen LogP contribution in [0, 0.1) is 7.14 Å². The molecule has 0 saturated carbocycles. The molecule has 7 heteroatoms. The number of imide groups is 1. The first-order valence-corrected chi connectivity index (χ1v) is 11.4. The van der Waals surface area contributed by atoms with Crippen molar-refractivity contribution in [3.05, 3.63) is 65.6 Å². The van der Waals surface area contributed by atoms with Crippen molar-refractivity contribution in [2.24, 2.45) is 0 Å². The van der Waals surface area contributed by atoms with E-state index in [9.17, 15) is 9.59 Å². The molecule has 0 unspecified atom stereocenters. The summed E-state index contributed by atoms with van der Waals surface area (Å²) in [4.78, 5) is 26.2. The molecule has 1 fully saturated rings. The lowest BCUT2D eigenvalue weighted by atomic mass is 10.2. The quantitative estimate of drug-likeness (QED) is 0.303. The lowest BCUT2D eigenvalue weighted by Gasteiger charge is -2.12. The van der Waals surface area contributed by atoms with Gasteiger partial charge < -0.3 is 4.74 Å². The monoisotopic (exact) mass is 605 g/mol. The summed E-state index contributed by atoms with van der Waals surface area (Å²) >= 11 is 5.48. The number of hydrogen-bond donors (Lipinski definition) is 0. The number of rotatable bonds is 6. The van der Waals surface area contributed by atoms with Gasteiger partial charge in [0.1, 0.15) is 12.4 Å². The summed E-state index contributed by atoms with van der Waals surface area (Å²) in [5.41, 5.74) is 2.00. The average molecular weight is 605 g/mol. The molecule has 1 saturated heterocycles. The Bertz CT molecular complexity index is 876. The molecule has 1 aliphatic rings. The Morgan fingerprint density at radius 2 is 1.78 bits per heavy atom. The van der Waals surface area contributed by atoms with Crippen molar-refractivity contribution in [1.29, 1.82) is 0 Å². The van der Waals surface area contributed by atoms with E-state index in [1.807, 2.05) is 49.4 Å². The Balaban J connectivity index is 1.78. The fourth-order valence-electron chi connectivity index (χ4n) is 2.60. The predicted molar refractivity (Wildman–Crippen MR) is 126 cm³/mol. The Hall–Kier alpha value is -1.07. The van der Waals surface area contributed by atoms with Crippen LogP contribution in [-0.4, -0.2) is 22.6 Å². The van der Waals surface area contributed by atoms with E-state index < -0.39 is 0 Å². The van der Waals surface area contributed by atoms with Crippen LogP contribution in [0.25, 0.3) is 6.08 Å². The SMILES string of the molecule is CCCN1C(=O)S/C(=C/c2cc(I)c(OCc3ccccc3)c(I)c2)C1=O. The first-order chi connectivity index (χ1) is 13.0. The second-order valence-corrected chi connectivity index (χ2v) is 9.24. The summed E-state index contributed by atoms with van der Waals surface area (Å²) < 4.78 is 7.93. The van der Waals surface area contributed by atoms with Crippen molar-refractivity contribution in [2.45, 2.75) is 20.0 Å². The maximum atomic E-state index is 12.4. The van der Waals surface area contributed by atoms with Crippen molar-refractivity contribution in [3.8, 4) is 5.75 Å². The average Bonchev–Trinajstić information content (AvgIpc) is 2.90. The summed E-state index contributed by atoms with van der Waals surface area (Å²) in [5, 5.41) is -0.194. The third-order valence-electron chi connectivity index (χ3n) is 3.87. The Morgan fingerprint density at radius 3 is 2.41 bits per heavy atom. The lowest BCUT2D eigenvalue weighted by Crippen LogP contribution is -2.28. The van der Waals surface area contributed by atoms with Crippen LogP contribution in [0.2, 0.25) is 0 Å². The van der Waals surface area contributed by atoms with E-state index in [0.717, 1.165) is 42.2 Å². The van der Waals surface area contributed by atoms with Gasteiger partial charge in [0.15, 0.2) is 0 Å². The summed E-state index contributed by atoms with van der Waals surface area (Å²) in [6, 6.07) is 14.0. The zero-order valence-electron chi connectivity index (χ0n) is 14.6. The molecule has 1 heterocycles. The molecule has 0 aliphatic carbocycles. The van der Waals surface area contributed by atoms with Crippen molar-refractivity contribution in [1.82, 2.24) is 4.90 Å². The molecule has 2 aromatic rings. The fraction of sp³-hybridized carbons (Fsp3) is 0.200. The number of halogens is 2. The third-order valence-corrected chi connectivity index (χ3v) is 6.38. The normalized spacial score (nSPS) is 15.7. The molecule has 3 rings (SSSR count). The number of ether oxygens (including phenoxy) is 1. The van der Waals surface area contributed by atoms with Crippen LogP contribution >= 0.6 is 56.9 Å². The van der Waals surface area contributed by atoms with Gasteiger partial charge >= 0.3 is 0 Å². The van der Waals surface area contributed by atoms with Gasteiger partial charge in [-0.25, -0.2) is 0 Å². The summed E-state index contributed by atoms with van der Waals surface area (Å²) in [7, 11) is 0. The van der Waals surface area contributed by atoms with Gasteiger partial charge in [-0.2, -0.15) is 0 Å². The van der Waals surface area contributed by atoms with Crippen molar-refractivity contribution in [3.63, 3.8) is 0 Å². The van der Waals surface area contributed by atoms with Gasteiger partial charge in [0.05, 0.1) is 12.0 Å². The van der Waals surface area contributed by atoms with Crippen LogP contribution < -0.4 is 4.74 Å². The molecular formula is C20H17I2NO3S. The third kappa shape index (κ3) is 5.05. The molecule has 27 heavy (non-hydrogen) atoms. The van der Waals surface area contributed by atoms with Crippen LogP contribution in [0.15, 0.2) is 47.4 Å². The molecule has 140 valence electrons. The summed E-state index contributed by atoms with van der Waals surface area (Å²) in [6.45, 7) is 2.91. The van der Waals surface area contributed by atoms with Gasteiger partial charge in [0.2, 0.25) is 0 Å². The topological polar surface area (TPSA) is 46.6 Å². The van der Waals surface area contributed by atoms with Crippen LogP contribution in [0.4, 0.5) is 4.79 Å². The molecule has 0 spiro atoms. The first kappa shape index (κ1) is 20.7. The van der Waals surface area contributed by atoms with Gasteiger partial charge in [-0.05, 0) is 92.7 Å². The van der Waals surface area contributed by atoms with Crippen LogP contribution in [0.5, 0.6) is 5.75 Å². The molecule has 4 nitrogen and oxygen atoms in total. The number of benzene rings is 2. The van der Waals surface area contributed by atoms with E-state index in [-0.39, 0.29) is 11.1 Å². The number of carbonyl (C=O) groups is 2. The van der Waals surface area contributed by atoms with E-state index in [2.05, 4.69) is 45.2 Å². The zero-order valence-corrected chi connectivity index (χ0v) is 19.7. The van der Waals surface area contributed by atoms with Gasteiger partial charge in [-0.15, -0.1) is 0 Å². The molecule has 0 N–H and O–H groups in total. The van der Waals surface area contributed by atoms with Gasteiger partial charge in [0, 0.05) is 6.54 Å². The molecule has 2 amide bonds. The smallest absolute Gasteiger partial charge is 0.293 e. The molecule has 0 bridgehead atoms. The van der Waals surface area contributed by atoms with Crippen molar-refractivity contribution in [2.75, 3.05) is 6.54 Å². The van der Waals surface area contributed by atoms with E-state index >= 15 is 0 Å². The first-order valence-electron chi connectivity index (χ1n) is 8.40. The number of hydrogen-bond acceptors (Lipinski definition) is 4. The second kappa shape index (κ2) is 9.42. The maximum Gasteiger partial charge on any atom is 0.293 e. The van der Waals surface area contributed by atoms with E-state index in [4.69, 9.17) is 4.74 Å². The number of nitrogens with zero attached hydrogens (tertiary/aromatic N) is 1. The van der Waals surface area contributed by atoms with Crippen LogP contribution in [0.3, 0.4) is 0 Å². The largest absolute Gasteiger partial charge is 0.487 e. The molecule has 0 radical (unpaired) electrons. The number of carbonyl (C=O) groups excluding carboxylic acids is 2. The van der Waals surface area contributed by atoms with Crippen molar-refractivity contribution >= 4 is 74.2 Å². The highest BCUT2D eigenvalue weighted by molar-refractivity contribution is 14.1. The molecule has 0 atom stereocenters. The maximum absolute atomic E-state index is 12.4. The fourth-order valence-corrected chi connectivity index (χ4v) is 5.59. The Labute approximate surface area is 190 Å². The molecule has 1 aliphatic heterocycles. The van der Waals surface area contributed by atoms with E-state index in [1.54, 1.807) is 6.08 Å². The van der Waals surface area contributed by atoms with Crippen LogP contribution in [-0.2, 0) is 11.4 Å². The highest BCUT2D eigenvalue weighted by Gasteiger charge is 2.34. The van der Waals surface area contributed by atoms with Gasteiger partial charge in [0.25, 0.3) is 11.1 Å². The predicted octanol–water partition coefficient (Wildman–Crippen LogP) is 5.92. The molecule has 2 aromatic carbocycles. The van der Waals surface area contributed by atoms with Crippen molar-refractivity contribution < 1.29 is 14.3 Å². The Kier molecular flexibility index (Phi) is 7.21. The van der Waals surface area contributed by atoms with Crippen LogP contribution in [0.1, 0.15) is 24.5 Å². The minimum atomic E-state index is -0.207.